The van der Waals surface area contributed by atoms with Crippen molar-refractivity contribution in [2.75, 3.05) is 67.5 Å². The number of likely N-dealkylation sites (tertiary alicyclic amines) is 2. The van der Waals surface area contributed by atoms with E-state index in [4.69, 9.17) is 0 Å². The van der Waals surface area contributed by atoms with Gasteiger partial charge in [-0.15, -0.1) is 0 Å². The SMILES string of the molecule is CCC(=O)N(C)CC(=O)N(C)CC(=O)N(C)CC(=O)N(C)CC(=O)N[C@H](C)C(=O)N[C@H](CC(C)C)C(=O)N1CCC[C@@H]1C(=O)N1CCC[C@@H]1C(=O)C(C)C. The Kier molecular flexibility index (Phi) is 17.5. The van der Waals surface area contributed by atoms with Gasteiger partial charge in [-0.3, -0.25) is 43.2 Å². The molecule has 2 aliphatic rings. The van der Waals surface area contributed by atoms with Gasteiger partial charge in [-0.05, 0) is 44.9 Å². The minimum atomic E-state index is -1.07. The molecule has 2 heterocycles. The largest absolute Gasteiger partial charge is 0.343 e. The van der Waals surface area contributed by atoms with E-state index < -0.39 is 66.2 Å². The third-order valence-electron chi connectivity index (χ3n) is 9.85. The lowest BCUT2D eigenvalue weighted by atomic mass is 9.99. The maximum absolute atomic E-state index is 13.9. The lowest BCUT2D eigenvalue weighted by Gasteiger charge is -2.34. The van der Waals surface area contributed by atoms with Crippen molar-refractivity contribution in [3.8, 4) is 0 Å². The molecule has 0 unspecified atom stereocenters. The first kappa shape index (κ1) is 45.6. The second kappa shape index (κ2) is 20.8. The van der Waals surface area contributed by atoms with Gasteiger partial charge in [0.25, 0.3) is 0 Å². The molecule has 0 radical (unpaired) electrons. The summed E-state index contributed by atoms with van der Waals surface area (Å²) in [7, 11) is 5.67. The summed E-state index contributed by atoms with van der Waals surface area (Å²) in [4.78, 5) is 124. The molecule has 8 amide bonds. The predicted octanol–water partition coefficient (Wildman–Crippen LogP) is -0.527. The van der Waals surface area contributed by atoms with Gasteiger partial charge in [-0.25, -0.2) is 0 Å². The Morgan fingerprint density at radius 2 is 1.09 bits per heavy atom. The molecule has 2 saturated heterocycles. The highest BCUT2D eigenvalue weighted by atomic mass is 16.2. The van der Waals surface area contributed by atoms with Crippen LogP contribution in [0, 0.1) is 11.8 Å². The van der Waals surface area contributed by atoms with Crippen LogP contribution < -0.4 is 10.6 Å². The average molecular weight is 763 g/mol. The van der Waals surface area contributed by atoms with E-state index in [0.29, 0.717) is 38.8 Å². The summed E-state index contributed by atoms with van der Waals surface area (Å²) in [5, 5.41) is 5.31. The van der Waals surface area contributed by atoms with Crippen LogP contribution in [0.15, 0.2) is 0 Å². The molecule has 0 saturated carbocycles. The van der Waals surface area contributed by atoms with Crippen LogP contribution in [0.1, 0.15) is 80.1 Å². The van der Waals surface area contributed by atoms with Crippen LogP contribution in [0.2, 0.25) is 0 Å². The number of rotatable bonds is 18. The highest BCUT2D eigenvalue weighted by molar-refractivity contribution is 5.97. The fourth-order valence-corrected chi connectivity index (χ4v) is 6.54. The van der Waals surface area contributed by atoms with Crippen LogP contribution in [0.3, 0.4) is 0 Å². The Balaban J connectivity index is 1.95. The van der Waals surface area contributed by atoms with Crippen molar-refractivity contribution in [3.05, 3.63) is 0 Å². The predicted molar refractivity (Wildman–Crippen MR) is 199 cm³/mol. The molecule has 17 heteroatoms. The lowest BCUT2D eigenvalue weighted by molar-refractivity contribution is -0.148. The first-order chi connectivity index (χ1) is 25.2. The van der Waals surface area contributed by atoms with Gasteiger partial charge in [0.2, 0.25) is 47.3 Å². The summed E-state index contributed by atoms with van der Waals surface area (Å²) in [6.45, 7) is 10.1. The van der Waals surface area contributed by atoms with Crippen LogP contribution in [-0.4, -0.2) is 174 Å². The van der Waals surface area contributed by atoms with Crippen molar-refractivity contribution < 1.29 is 43.2 Å². The Hall–Kier alpha value is -4.57. The molecule has 2 N–H and O–H groups in total. The molecule has 0 aromatic rings. The molecule has 0 aliphatic carbocycles. The van der Waals surface area contributed by atoms with Crippen molar-refractivity contribution in [1.29, 1.82) is 0 Å². The van der Waals surface area contributed by atoms with E-state index in [1.54, 1.807) is 11.8 Å². The van der Waals surface area contributed by atoms with Gasteiger partial charge in [0, 0.05) is 53.6 Å². The summed E-state index contributed by atoms with van der Waals surface area (Å²) in [6.07, 6.45) is 2.93. The monoisotopic (exact) mass is 762 g/mol. The smallest absolute Gasteiger partial charge is 0.245 e. The van der Waals surface area contributed by atoms with Gasteiger partial charge in [0.1, 0.15) is 18.1 Å². The zero-order valence-corrected chi connectivity index (χ0v) is 33.8. The molecule has 2 fully saturated rings. The second-order valence-corrected chi connectivity index (χ2v) is 15.3. The number of nitrogens with one attached hydrogen (secondary N) is 2. The first-order valence-electron chi connectivity index (χ1n) is 18.9. The number of nitrogens with zero attached hydrogens (tertiary/aromatic N) is 6. The normalized spacial score (nSPS) is 17.9. The maximum atomic E-state index is 13.9. The molecular formula is C37H62N8O9. The molecule has 0 bridgehead atoms. The van der Waals surface area contributed by atoms with E-state index in [1.807, 2.05) is 27.7 Å². The summed E-state index contributed by atoms with van der Waals surface area (Å²) in [6, 6.07) is -3.25. The molecule has 0 aromatic heterocycles. The van der Waals surface area contributed by atoms with Crippen molar-refractivity contribution in [1.82, 2.24) is 40.0 Å². The van der Waals surface area contributed by atoms with Gasteiger partial charge in [0.05, 0.1) is 32.2 Å². The van der Waals surface area contributed by atoms with Crippen LogP contribution in [0.25, 0.3) is 0 Å². The zero-order chi connectivity index (χ0) is 41.0. The molecule has 4 atom stereocenters. The second-order valence-electron chi connectivity index (χ2n) is 15.3. The number of carbonyl (C=O) groups is 9. The Morgan fingerprint density at radius 3 is 1.57 bits per heavy atom. The van der Waals surface area contributed by atoms with Gasteiger partial charge < -0.3 is 40.0 Å². The van der Waals surface area contributed by atoms with Crippen LogP contribution in [0.5, 0.6) is 0 Å². The maximum Gasteiger partial charge on any atom is 0.245 e. The quantitative estimate of drug-likeness (QED) is 0.185. The lowest BCUT2D eigenvalue weighted by Crippen LogP contribution is -2.57. The average Bonchev–Trinajstić information content (AvgIpc) is 3.80. The molecule has 17 nitrogen and oxygen atoms in total. The van der Waals surface area contributed by atoms with Gasteiger partial charge in [-0.1, -0.05) is 34.6 Å². The van der Waals surface area contributed by atoms with E-state index in [0.717, 1.165) is 21.1 Å². The topological polar surface area (TPSA) is 197 Å². The minimum Gasteiger partial charge on any atom is -0.343 e. The Morgan fingerprint density at radius 1 is 0.630 bits per heavy atom. The molecule has 2 aliphatic heterocycles. The number of ketones is 1. The molecule has 304 valence electrons. The number of hydrogen-bond donors (Lipinski definition) is 2. The van der Waals surface area contributed by atoms with Crippen molar-refractivity contribution in [2.24, 2.45) is 11.8 Å². The molecule has 54 heavy (non-hydrogen) atoms. The van der Waals surface area contributed by atoms with Gasteiger partial charge in [-0.2, -0.15) is 0 Å². The van der Waals surface area contributed by atoms with Crippen LogP contribution in [-0.2, 0) is 43.2 Å². The van der Waals surface area contributed by atoms with Crippen molar-refractivity contribution >= 4 is 53.0 Å². The van der Waals surface area contributed by atoms with E-state index in [1.165, 1.54) is 44.9 Å². The number of carbonyl (C=O) groups excluding carboxylic acids is 9. The molecular weight excluding hydrogens is 700 g/mol. The molecule has 2 rings (SSSR count). The Labute approximate surface area is 319 Å². The highest BCUT2D eigenvalue weighted by Gasteiger charge is 2.44. The summed E-state index contributed by atoms with van der Waals surface area (Å²) in [5.74, 6) is -3.84. The number of Topliss-reactive ketones (excluding diaryl/α,β-unsaturated/α-hetero) is 1. The first-order valence-corrected chi connectivity index (χ1v) is 18.9. The molecule has 0 aromatic carbocycles. The van der Waals surface area contributed by atoms with Crippen LogP contribution >= 0.6 is 0 Å². The van der Waals surface area contributed by atoms with Crippen LogP contribution in [0.4, 0.5) is 0 Å². The van der Waals surface area contributed by atoms with Crippen molar-refractivity contribution in [3.63, 3.8) is 0 Å². The third kappa shape index (κ3) is 12.8. The van der Waals surface area contributed by atoms with Gasteiger partial charge >= 0.3 is 0 Å². The summed E-state index contributed by atoms with van der Waals surface area (Å²) in [5.41, 5.74) is 0. The van der Waals surface area contributed by atoms with E-state index in [9.17, 15) is 43.2 Å². The zero-order valence-electron chi connectivity index (χ0n) is 33.8. The van der Waals surface area contributed by atoms with E-state index in [-0.39, 0.29) is 55.5 Å². The fourth-order valence-electron chi connectivity index (χ4n) is 6.54. The minimum absolute atomic E-state index is 0.0101. The Bertz CT molecular complexity index is 1420. The van der Waals surface area contributed by atoms with E-state index in [2.05, 4.69) is 10.6 Å². The summed E-state index contributed by atoms with van der Waals surface area (Å²) >= 11 is 0. The molecule has 0 spiro atoms. The number of likely N-dealkylation sites (N-methyl/N-ethyl adjacent to an activating group) is 4. The highest BCUT2D eigenvalue weighted by Crippen LogP contribution is 2.27. The number of amides is 8. The van der Waals surface area contributed by atoms with E-state index >= 15 is 0 Å². The fraction of sp³-hybridized carbons (Fsp3) is 0.757. The van der Waals surface area contributed by atoms with Gasteiger partial charge in [0.15, 0.2) is 5.78 Å². The van der Waals surface area contributed by atoms with Crippen molar-refractivity contribution in [2.45, 2.75) is 104 Å². The third-order valence-corrected chi connectivity index (χ3v) is 9.85. The number of hydrogen-bond acceptors (Lipinski definition) is 9. The standard InChI is InChI=1S/C37H62N8O9/c1-11-30(47)41(8)20-32(49)43(10)22-33(50)42(9)21-31(48)40(7)19-29(46)38-25(6)35(52)39-26(18-23(2)3)36(53)45-17-13-15-28(45)37(54)44-16-12-14-27(44)34(51)24(4)5/h23-28H,11-22H2,1-10H3,(H,38,46)(H,39,52)/t25-,26-,27-,28-/m1/s1. The summed E-state index contributed by atoms with van der Waals surface area (Å²) < 4.78 is 0.